The number of hydrogen-bond acceptors (Lipinski definition) is 3. The molecule has 1 heterocycles. The Hall–Kier alpha value is -0.610. The second-order valence-corrected chi connectivity index (χ2v) is 4.69. The van der Waals surface area contributed by atoms with Crippen molar-refractivity contribution < 1.29 is 4.79 Å². The maximum atomic E-state index is 11.4. The fourth-order valence-corrected chi connectivity index (χ4v) is 2.04. The number of likely N-dealkylation sites (N-methyl/N-ethyl adjacent to an activating group) is 1. The molecule has 2 fully saturated rings. The molecule has 1 atom stereocenters. The first-order chi connectivity index (χ1) is 7.27. The molecule has 4 nitrogen and oxygen atoms in total. The molecule has 0 aromatic heterocycles. The van der Waals surface area contributed by atoms with Gasteiger partial charge in [0.1, 0.15) is 0 Å². The van der Waals surface area contributed by atoms with Crippen LogP contribution in [-0.2, 0) is 4.79 Å². The van der Waals surface area contributed by atoms with Gasteiger partial charge in [0, 0.05) is 38.1 Å². The van der Waals surface area contributed by atoms with Crippen LogP contribution in [0.25, 0.3) is 0 Å². The average molecular weight is 211 g/mol. The zero-order valence-corrected chi connectivity index (χ0v) is 9.46. The van der Waals surface area contributed by atoms with Crippen LogP contribution in [0, 0.1) is 5.92 Å². The molecule has 2 rings (SSSR count). The Morgan fingerprint density at radius 3 is 3.00 bits per heavy atom. The molecule has 0 aromatic carbocycles. The number of amides is 1. The first-order valence-corrected chi connectivity index (χ1v) is 5.96. The summed E-state index contributed by atoms with van der Waals surface area (Å²) in [4.78, 5) is 13.8. The molecule has 1 saturated heterocycles. The van der Waals surface area contributed by atoms with Crippen molar-refractivity contribution in [3.8, 4) is 0 Å². The summed E-state index contributed by atoms with van der Waals surface area (Å²) in [5, 5.41) is 6.40. The molecule has 1 saturated carbocycles. The van der Waals surface area contributed by atoms with Gasteiger partial charge >= 0.3 is 0 Å². The van der Waals surface area contributed by atoms with Gasteiger partial charge in [-0.1, -0.05) is 0 Å². The third-order valence-corrected chi connectivity index (χ3v) is 3.37. The van der Waals surface area contributed by atoms with E-state index in [0.29, 0.717) is 12.0 Å². The fraction of sp³-hybridized carbons (Fsp3) is 0.909. The van der Waals surface area contributed by atoms with Gasteiger partial charge in [0.2, 0.25) is 5.91 Å². The molecular formula is C11H21N3O. The largest absolute Gasteiger partial charge is 0.356 e. The number of carbonyl (C=O) groups is 1. The van der Waals surface area contributed by atoms with E-state index in [1.54, 1.807) is 0 Å². The highest BCUT2D eigenvalue weighted by molar-refractivity contribution is 5.80. The van der Waals surface area contributed by atoms with E-state index in [0.717, 1.165) is 45.4 Å². The van der Waals surface area contributed by atoms with Gasteiger partial charge < -0.3 is 15.5 Å². The van der Waals surface area contributed by atoms with E-state index in [9.17, 15) is 4.79 Å². The highest BCUT2D eigenvalue weighted by atomic mass is 16.2. The Morgan fingerprint density at radius 1 is 1.53 bits per heavy atom. The van der Waals surface area contributed by atoms with Crippen molar-refractivity contribution in [3.63, 3.8) is 0 Å². The van der Waals surface area contributed by atoms with Gasteiger partial charge in [-0.05, 0) is 26.3 Å². The summed E-state index contributed by atoms with van der Waals surface area (Å²) in [6.07, 6.45) is 3.25. The van der Waals surface area contributed by atoms with Gasteiger partial charge in [-0.3, -0.25) is 4.79 Å². The van der Waals surface area contributed by atoms with Gasteiger partial charge in [-0.2, -0.15) is 0 Å². The number of hydrogen-bond donors (Lipinski definition) is 2. The van der Waals surface area contributed by atoms with Crippen LogP contribution in [0.1, 0.15) is 19.3 Å². The van der Waals surface area contributed by atoms with Crippen LogP contribution >= 0.6 is 0 Å². The summed E-state index contributed by atoms with van der Waals surface area (Å²) >= 11 is 0. The van der Waals surface area contributed by atoms with Gasteiger partial charge in [0.05, 0.1) is 0 Å². The minimum Gasteiger partial charge on any atom is -0.356 e. The van der Waals surface area contributed by atoms with Crippen LogP contribution in [0.5, 0.6) is 0 Å². The summed E-state index contributed by atoms with van der Waals surface area (Å²) in [7, 11) is 2.16. The van der Waals surface area contributed by atoms with Crippen LogP contribution in [0.3, 0.4) is 0 Å². The van der Waals surface area contributed by atoms with Gasteiger partial charge in [0.15, 0.2) is 0 Å². The van der Waals surface area contributed by atoms with Crippen LogP contribution in [0.4, 0.5) is 0 Å². The van der Waals surface area contributed by atoms with Crippen molar-refractivity contribution in [2.24, 2.45) is 5.92 Å². The molecule has 1 amide bonds. The molecular weight excluding hydrogens is 190 g/mol. The lowest BCUT2D eigenvalue weighted by Crippen LogP contribution is -2.50. The first kappa shape index (κ1) is 10.9. The minimum atomic E-state index is 0.265. The van der Waals surface area contributed by atoms with E-state index in [2.05, 4.69) is 22.6 Å². The van der Waals surface area contributed by atoms with Crippen molar-refractivity contribution in [3.05, 3.63) is 0 Å². The molecule has 1 aliphatic carbocycles. The molecule has 2 aliphatic rings. The van der Waals surface area contributed by atoms with E-state index in [1.165, 1.54) is 0 Å². The zero-order chi connectivity index (χ0) is 10.7. The molecule has 1 aliphatic heterocycles. The molecule has 0 aromatic rings. The Kier molecular flexibility index (Phi) is 3.59. The number of rotatable bonds is 4. The zero-order valence-electron chi connectivity index (χ0n) is 9.46. The van der Waals surface area contributed by atoms with Crippen molar-refractivity contribution in [1.82, 2.24) is 15.5 Å². The predicted octanol–water partition coefficient (Wildman–Crippen LogP) is -0.194. The van der Waals surface area contributed by atoms with Crippen LogP contribution < -0.4 is 10.6 Å². The second-order valence-electron chi connectivity index (χ2n) is 4.69. The predicted molar refractivity (Wildman–Crippen MR) is 59.6 cm³/mol. The minimum absolute atomic E-state index is 0.265. The molecule has 2 N–H and O–H groups in total. The third kappa shape index (κ3) is 3.18. The lowest BCUT2D eigenvalue weighted by molar-refractivity contribution is -0.122. The summed E-state index contributed by atoms with van der Waals surface area (Å²) in [5.41, 5.74) is 0. The monoisotopic (exact) mass is 211 g/mol. The number of carbonyl (C=O) groups excluding carboxylic acids is 1. The van der Waals surface area contributed by atoms with Crippen LogP contribution in [0.2, 0.25) is 0 Å². The quantitative estimate of drug-likeness (QED) is 0.677. The average Bonchev–Trinajstić information content (AvgIpc) is 3.04. The molecule has 4 heteroatoms. The maximum absolute atomic E-state index is 11.4. The highest BCUT2D eigenvalue weighted by Crippen LogP contribution is 2.28. The van der Waals surface area contributed by atoms with Crippen molar-refractivity contribution >= 4 is 5.91 Å². The molecule has 0 spiro atoms. The van der Waals surface area contributed by atoms with E-state index in [4.69, 9.17) is 0 Å². The van der Waals surface area contributed by atoms with E-state index < -0.39 is 0 Å². The van der Waals surface area contributed by atoms with Gasteiger partial charge in [0.25, 0.3) is 0 Å². The molecule has 0 radical (unpaired) electrons. The summed E-state index contributed by atoms with van der Waals surface area (Å²) in [6.45, 7) is 4.07. The Labute approximate surface area is 91.4 Å². The summed E-state index contributed by atoms with van der Waals surface area (Å²) in [5.74, 6) is 0.605. The third-order valence-electron chi connectivity index (χ3n) is 3.37. The van der Waals surface area contributed by atoms with Crippen molar-refractivity contribution in [2.45, 2.75) is 25.3 Å². The Bertz CT molecular complexity index is 228. The molecule has 86 valence electrons. The Balaban J connectivity index is 1.61. The van der Waals surface area contributed by atoms with E-state index in [1.807, 2.05) is 0 Å². The van der Waals surface area contributed by atoms with Gasteiger partial charge in [-0.25, -0.2) is 0 Å². The standard InChI is InChI=1S/C11H21N3O/c1-14-7-6-12-8-10(14)4-5-13-11(15)9-2-3-9/h9-10,12H,2-8H2,1H3,(H,13,15). The van der Waals surface area contributed by atoms with Gasteiger partial charge in [-0.15, -0.1) is 0 Å². The smallest absolute Gasteiger partial charge is 0.223 e. The lowest BCUT2D eigenvalue weighted by Gasteiger charge is -2.33. The maximum Gasteiger partial charge on any atom is 0.223 e. The lowest BCUT2D eigenvalue weighted by atomic mass is 10.1. The number of piperazine rings is 1. The SMILES string of the molecule is CN1CCNCC1CCNC(=O)C1CC1. The van der Waals surface area contributed by atoms with Crippen LogP contribution in [0.15, 0.2) is 0 Å². The Morgan fingerprint density at radius 2 is 2.33 bits per heavy atom. The molecule has 1 unspecified atom stereocenters. The topological polar surface area (TPSA) is 44.4 Å². The first-order valence-electron chi connectivity index (χ1n) is 5.96. The van der Waals surface area contributed by atoms with E-state index >= 15 is 0 Å². The van der Waals surface area contributed by atoms with Crippen molar-refractivity contribution in [1.29, 1.82) is 0 Å². The molecule has 0 bridgehead atoms. The summed E-state index contributed by atoms with van der Waals surface area (Å²) in [6, 6.07) is 0.582. The number of nitrogens with one attached hydrogen (secondary N) is 2. The van der Waals surface area contributed by atoms with Crippen molar-refractivity contribution in [2.75, 3.05) is 33.2 Å². The summed E-state index contributed by atoms with van der Waals surface area (Å²) < 4.78 is 0. The highest BCUT2D eigenvalue weighted by Gasteiger charge is 2.29. The van der Waals surface area contributed by atoms with E-state index in [-0.39, 0.29) is 5.91 Å². The fourth-order valence-electron chi connectivity index (χ4n) is 2.04. The second kappa shape index (κ2) is 4.94. The van der Waals surface area contributed by atoms with Crippen LogP contribution in [-0.4, -0.2) is 50.1 Å². The number of nitrogens with zero attached hydrogens (tertiary/aromatic N) is 1. The molecule has 15 heavy (non-hydrogen) atoms. The normalized spacial score (nSPS) is 27.7.